The van der Waals surface area contributed by atoms with E-state index in [-0.39, 0.29) is 23.5 Å². The van der Waals surface area contributed by atoms with Crippen LogP contribution in [0.3, 0.4) is 0 Å². The molecule has 0 saturated carbocycles. The summed E-state index contributed by atoms with van der Waals surface area (Å²) in [7, 11) is 1.63. The number of aryl methyl sites for hydroxylation is 1. The van der Waals surface area contributed by atoms with Gasteiger partial charge in [0.2, 0.25) is 5.91 Å². The van der Waals surface area contributed by atoms with Gasteiger partial charge in [-0.05, 0) is 60.2 Å². The van der Waals surface area contributed by atoms with Gasteiger partial charge in [-0.25, -0.2) is 0 Å². The predicted octanol–water partition coefficient (Wildman–Crippen LogP) is 6.56. The van der Waals surface area contributed by atoms with E-state index in [1.165, 1.54) is 0 Å². The molecule has 5 rings (SSSR count). The van der Waals surface area contributed by atoms with E-state index in [0.717, 1.165) is 39.5 Å². The number of methoxy groups -OCH3 is 1. The lowest BCUT2D eigenvalue weighted by molar-refractivity contribution is -0.121. The number of carbonyl (C=O) groups is 2. The highest BCUT2D eigenvalue weighted by Crippen LogP contribution is 2.48. The minimum absolute atomic E-state index is 0.0174. The van der Waals surface area contributed by atoms with Gasteiger partial charge in [0.1, 0.15) is 5.75 Å². The number of benzene rings is 3. The summed E-state index contributed by atoms with van der Waals surface area (Å²) in [5.74, 6) is 0.636. The van der Waals surface area contributed by atoms with Gasteiger partial charge in [-0.3, -0.25) is 14.5 Å². The van der Waals surface area contributed by atoms with Crippen LogP contribution in [-0.2, 0) is 9.59 Å². The second-order valence-electron chi connectivity index (χ2n) is 10.0. The molecular formula is C31H32N2O3. The van der Waals surface area contributed by atoms with Crippen molar-refractivity contribution in [2.24, 2.45) is 5.92 Å². The number of ether oxygens (including phenoxy) is 1. The van der Waals surface area contributed by atoms with Crippen LogP contribution in [0.1, 0.15) is 55.3 Å². The van der Waals surface area contributed by atoms with Crippen molar-refractivity contribution in [3.05, 3.63) is 101 Å². The Labute approximate surface area is 212 Å². The molecule has 2 aliphatic rings. The van der Waals surface area contributed by atoms with Crippen molar-refractivity contribution in [1.82, 2.24) is 0 Å². The van der Waals surface area contributed by atoms with Gasteiger partial charge in [-0.1, -0.05) is 62.4 Å². The SMILES string of the molecule is COc1ccc(C2C3=C(CC(c4ccccc4)CC3=O)Nc3ccc(C)cc3N2C(=O)C(C)C)cc1. The first-order valence-corrected chi connectivity index (χ1v) is 12.5. The molecule has 36 heavy (non-hydrogen) atoms. The van der Waals surface area contributed by atoms with Crippen molar-refractivity contribution >= 4 is 23.1 Å². The number of hydrogen-bond acceptors (Lipinski definition) is 4. The Morgan fingerprint density at radius 2 is 1.69 bits per heavy atom. The summed E-state index contributed by atoms with van der Waals surface area (Å²) in [5.41, 5.74) is 6.32. The largest absolute Gasteiger partial charge is 0.497 e. The number of Topliss-reactive ketones (excluding diaryl/α,β-unsaturated/α-hetero) is 1. The summed E-state index contributed by atoms with van der Waals surface area (Å²) in [6, 6.07) is 23.5. The lowest BCUT2D eigenvalue weighted by Gasteiger charge is -2.36. The number of amides is 1. The molecule has 5 heteroatoms. The van der Waals surface area contributed by atoms with E-state index < -0.39 is 6.04 Å². The van der Waals surface area contributed by atoms with Gasteiger partial charge >= 0.3 is 0 Å². The van der Waals surface area contributed by atoms with Gasteiger partial charge < -0.3 is 10.1 Å². The van der Waals surface area contributed by atoms with Gasteiger partial charge in [0.15, 0.2) is 5.78 Å². The van der Waals surface area contributed by atoms with Gasteiger partial charge in [0.25, 0.3) is 0 Å². The van der Waals surface area contributed by atoms with Crippen molar-refractivity contribution in [3.63, 3.8) is 0 Å². The molecule has 0 fully saturated rings. The van der Waals surface area contributed by atoms with Crippen LogP contribution in [0.25, 0.3) is 0 Å². The minimum atomic E-state index is -0.527. The molecule has 0 saturated heterocycles. The molecule has 0 bridgehead atoms. The lowest BCUT2D eigenvalue weighted by atomic mass is 9.78. The molecule has 0 aromatic heterocycles. The Morgan fingerprint density at radius 1 is 0.972 bits per heavy atom. The van der Waals surface area contributed by atoms with Crippen LogP contribution in [-0.4, -0.2) is 18.8 Å². The second kappa shape index (κ2) is 9.65. The summed E-state index contributed by atoms with van der Waals surface area (Å²) in [6.45, 7) is 5.84. The molecule has 184 valence electrons. The van der Waals surface area contributed by atoms with E-state index in [4.69, 9.17) is 4.74 Å². The maximum Gasteiger partial charge on any atom is 0.230 e. The molecule has 1 heterocycles. The monoisotopic (exact) mass is 480 g/mol. The number of nitrogens with one attached hydrogen (secondary N) is 1. The smallest absolute Gasteiger partial charge is 0.230 e. The average molecular weight is 481 g/mol. The van der Waals surface area contributed by atoms with Gasteiger partial charge in [-0.2, -0.15) is 0 Å². The number of nitrogens with zero attached hydrogens (tertiary/aromatic N) is 1. The molecule has 3 aromatic rings. The first-order valence-electron chi connectivity index (χ1n) is 12.5. The Hall–Kier alpha value is -3.86. The second-order valence-corrected chi connectivity index (χ2v) is 10.0. The number of anilines is 2. The summed E-state index contributed by atoms with van der Waals surface area (Å²) < 4.78 is 5.38. The van der Waals surface area contributed by atoms with Gasteiger partial charge in [0, 0.05) is 23.6 Å². The highest BCUT2D eigenvalue weighted by Gasteiger charge is 2.42. The number of ketones is 1. The van der Waals surface area contributed by atoms with Crippen LogP contribution >= 0.6 is 0 Å². The molecule has 2 unspecified atom stereocenters. The predicted molar refractivity (Wildman–Crippen MR) is 143 cm³/mol. The molecular weight excluding hydrogens is 448 g/mol. The van der Waals surface area contributed by atoms with E-state index in [0.29, 0.717) is 18.4 Å². The van der Waals surface area contributed by atoms with E-state index in [2.05, 4.69) is 17.4 Å². The third-order valence-electron chi connectivity index (χ3n) is 7.17. The highest BCUT2D eigenvalue weighted by molar-refractivity contribution is 6.07. The van der Waals surface area contributed by atoms with Crippen molar-refractivity contribution in [1.29, 1.82) is 0 Å². The van der Waals surface area contributed by atoms with Crippen LogP contribution in [0.4, 0.5) is 11.4 Å². The Bertz CT molecular complexity index is 1330. The maximum atomic E-state index is 14.0. The normalized spacial score (nSPS) is 19.4. The minimum Gasteiger partial charge on any atom is -0.497 e. The van der Waals surface area contributed by atoms with Crippen molar-refractivity contribution in [2.75, 3.05) is 17.3 Å². The van der Waals surface area contributed by atoms with Gasteiger partial charge in [-0.15, -0.1) is 0 Å². The summed E-state index contributed by atoms with van der Waals surface area (Å²) in [6.07, 6.45) is 1.12. The molecule has 2 atom stereocenters. The summed E-state index contributed by atoms with van der Waals surface area (Å²) in [5, 5.41) is 3.61. The molecule has 0 spiro atoms. The zero-order valence-electron chi connectivity index (χ0n) is 21.2. The number of carbonyl (C=O) groups excluding carboxylic acids is 2. The van der Waals surface area contributed by atoms with Crippen molar-refractivity contribution in [3.8, 4) is 5.75 Å². The summed E-state index contributed by atoms with van der Waals surface area (Å²) in [4.78, 5) is 29.6. The standard InChI is InChI=1S/C31H32N2O3/c1-19(2)31(35)33-27-16-20(3)10-15-25(27)32-26-17-23(21-8-6-5-7-9-21)18-28(34)29(26)30(33)22-11-13-24(36-4)14-12-22/h5-16,19,23,30,32H,17-18H2,1-4H3. The number of rotatable bonds is 4. The fourth-order valence-electron chi connectivity index (χ4n) is 5.33. The molecule has 5 nitrogen and oxygen atoms in total. The van der Waals surface area contributed by atoms with E-state index in [9.17, 15) is 9.59 Å². The Balaban J connectivity index is 1.73. The third kappa shape index (κ3) is 4.30. The van der Waals surface area contributed by atoms with Crippen molar-refractivity contribution in [2.45, 2.75) is 45.6 Å². The molecule has 1 aliphatic heterocycles. The first kappa shape index (κ1) is 23.9. The van der Waals surface area contributed by atoms with Crippen LogP contribution in [0, 0.1) is 12.8 Å². The highest BCUT2D eigenvalue weighted by atomic mass is 16.5. The number of fused-ring (bicyclic) bond motifs is 1. The zero-order valence-corrected chi connectivity index (χ0v) is 21.2. The molecule has 3 aromatic carbocycles. The average Bonchev–Trinajstić information content (AvgIpc) is 3.03. The number of allylic oxidation sites excluding steroid dienone is 1. The van der Waals surface area contributed by atoms with Crippen LogP contribution < -0.4 is 15.0 Å². The van der Waals surface area contributed by atoms with E-state index in [1.54, 1.807) is 7.11 Å². The Kier molecular flexibility index (Phi) is 6.40. The third-order valence-corrected chi connectivity index (χ3v) is 7.17. The van der Waals surface area contributed by atoms with E-state index in [1.807, 2.05) is 86.3 Å². The first-order chi connectivity index (χ1) is 17.4. The topological polar surface area (TPSA) is 58.6 Å². The lowest BCUT2D eigenvalue weighted by Crippen LogP contribution is -2.40. The zero-order chi connectivity index (χ0) is 25.4. The number of hydrogen-bond donors (Lipinski definition) is 1. The fourth-order valence-corrected chi connectivity index (χ4v) is 5.33. The van der Waals surface area contributed by atoms with Gasteiger partial charge in [0.05, 0.1) is 24.5 Å². The molecule has 0 radical (unpaired) electrons. The summed E-state index contributed by atoms with van der Waals surface area (Å²) >= 11 is 0. The molecule has 1 N–H and O–H groups in total. The quantitative estimate of drug-likeness (QED) is 0.459. The van der Waals surface area contributed by atoms with Crippen LogP contribution in [0.15, 0.2) is 84.1 Å². The molecule has 1 aliphatic carbocycles. The van der Waals surface area contributed by atoms with Crippen LogP contribution in [0.5, 0.6) is 5.75 Å². The maximum absolute atomic E-state index is 14.0. The van der Waals surface area contributed by atoms with E-state index >= 15 is 0 Å². The Morgan fingerprint density at radius 3 is 2.36 bits per heavy atom. The van der Waals surface area contributed by atoms with Crippen molar-refractivity contribution < 1.29 is 14.3 Å². The van der Waals surface area contributed by atoms with Crippen LogP contribution in [0.2, 0.25) is 0 Å². The molecule has 1 amide bonds. The fraction of sp³-hybridized carbons (Fsp3) is 0.290.